The largest absolute Gasteiger partial charge is 0.347 e. The first-order valence-corrected chi connectivity index (χ1v) is 6.34. The molecule has 5 heteroatoms. The number of carbonyl (C=O) groups is 1. The summed E-state index contributed by atoms with van der Waals surface area (Å²) < 4.78 is 0. The average molecular weight is 267 g/mol. The molecule has 2 rings (SSSR count). The summed E-state index contributed by atoms with van der Waals surface area (Å²) in [6.45, 7) is 0. The summed E-state index contributed by atoms with van der Waals surface area (Å²) in [5.74, 6) is -0.471. The van der Waals surface area contributed by atoms with Gasteiger partial charge in [-0.1, -0.05) is 35.5 Å². The maximum atomic E-state index is 12.1. The van der Waals surface area contributed by atoms with Crippen molar-refractivity contribution in [1.29, 1.82) is 10.5 Å². The van der Waals surface area contributed by atoms with Crippen LogP contribution in [0.5, 0.6) is 0 Å². The van der Waals surface area contributed by atoms with Gasteiger partial charge in [0.1, 0.15) is 11.1 Å². The highest BCUT2D eigenvalue weighted by atomic mass is 16.7. The van der Waals surface area contributed by atoms with Crippen molar-refractivity contribution >= 4 is 11.7 Å². The van der Waals surface area contributed by atoms with Gasteiger partial charge in [-0.3, -0.25) is 0 Å². The third-order valence-electron chi connectivity index (χ3n) is 3.44. The van der Waals surface area contributed by atoms with Gasteiger partial charge < -0.3 is 4.84 Å². The molecule has 0 atom stereocenters. The molecule has 100 valence electrons. The predicted octanol–water partition coefficient (Wildman–Crippen LogP) is 2.54. The molecule has 0 spiro atoms. The zero-order chi connectivity index (χ0) is 14.4. The Kier molecular flexibility index (Phi) is 4.12. The molecule has 0 amide bonds. The van der Waals surface area contributed by atoms with Gasteiger partial charge in [0.25, 0.3) is 0 Å². The van der Waals surface area contributed by atoms with Crippen molar-refractivity contribution in [3.63, 3.8) is 0 Å². The molecule has 0 aromatic heterocycles. The van der Waals surface area contributed by atoms with Crippen molar-refractivity contribution in [3.8, 4) is 12.1 Å². The second-order valence-electron chi connectivity index (χ2n) is 4.58. The van der Waals surface area contributed by atoms with Crippen molar-refractivity contribution in [3.05, 3.63) is 35.9 Å². The van der Waals surface area contributed by atoms with Gasteiger partial charge in [-0.2, -0.15) is 10.5 Å². The van der Waals surface area contributed by atoms with E-state index in [2.05, 4.69) is 5.16 Å². The number of hydrogen-bond acceptors (Lipinski definition) is 5. The van der Waals surface area contributed by atoms with E-state index in [1.165, 1.54) is 0 Å². The molecule has 20 heavy (non-hydrogen) atoms. The molecule has 0 bridgehead atoms. The van der Waals surface area contributed by atoms with Crippen LogP contribution in [0.25, 0.3) is 0 Å². The molecule has 0 saturated carbocycles. The van der Waals surface area contributed by atoms with Gasteiger partial charge >= 0.3 is 5.97 Å². The molecule has 1 heterocycles. The summed E-state index contributed by atoms with van der Waals surface area (Å²) in [5.41, 5.74) is 0.329. The molecule has 5 nitrogen and oxygen atoms in total. The van der Waals surface area contributed by atoms with Crippen LogP contribution in [0.15, 0.2) is 35.5 Å². The summed E-state index contributed by atoms with van der Waals surface area (Å²) in [7, 11) is 0. The Morgan fingerprint density at radius 2 is 1.70 bits per heavy atom. The van der Waals surface area contributed by atoms with Crippen LogP contribution >= 0.6 is 0 Å². The molecule has 1 aromatic rings. The molecular formula is C15H13N3O2. The first-order valence-electron chi connectivity index (χ1n) is 6.34. The molecule has 0 fully saturated rings. The number of carbonyl (C=O) groups excluding carboxylic acids is 1. The van der Waals surface area contributed by atoms with Gasteiger partial charge in [-0.05, 0) is 12.8 Å². The fourth-order valence-corrected chi connectivity index (χ4v) is 2.39. The summed E-state index contributed by atoms with van der Waals surface area (Å²) in [4.78, 5) is 17.0. The lowest BCUT2D eigenvalue weighted by Gasteiger charge is -2.24. The molecule has 0 radical (unpaired) electrons. The Bertz CT molecular complexity index is 590. The quantitative estimate of drug-likeness (QED) is 0.767. The zero-order valence-electron chi connectivity index (χ0n) is 10.9. The van der Waals surface area contributed by atoms with E-state index >= 15 is 0 Å². The highest BCUT2D eigenvalue weighted by molar-refractivity contribution is 6.17. The minimum atomic E-state index is -0.979. The van der Waals surface area contributed by atoms with Crippen molar-refractivity contribution in [2.24, 2.45) is 10.6 Å². The molecule has 1 aliphatic heterocycles. The van der Waals surface area contributed by atoms with E-state index in [9.17, 15) is 4.79 Å². The molecule has 0 unspecified atom stereocenters. The highest BCUT2D eigenvalue weighted by Gasteiger charge is 2.49. The Hall–Kier alpha value is -2.66. The van der Waals surface area contributed by atoms with Gasteiger partial charge in [-0.25, -0.2) is 4.79 Å². The Labute approximate surface area is 117 Å². The standard InChI is InChI=1S/C15H13N3O2/c16-10-4-8-15(9-5-11-17)13(18-20-14(15)19)12-6-2-1-3-7-12/h1-3,6-7H,4-5,8-9H2. The average Bonchev–Trinajstić information content (AvgIpc) is 2.81. The fourth-order valence-electron chi connectivity index (χ4n) is 2.39. The number of hydrogen-bond donors (Lipinski definition) is 0. The first-order chi connectivity index (χ1) is 9.74. The molecule has 0 aliphatic carbocycles. The topological polar surface area (TPSA) is 86.2 Å². The summed E-state index contributed by atoms with van der Waals surface area (Å²) in [6, 6.07) is 13.3. The normalized spacial score (nSPS) is 15.9. The van der Waals surface area contributed by atoms with Crippen molar-refractivity contribution < 1.29 is 9.63 Å². The van der Waals surface area contributed by atoms with Crippen LogP contribution in [-0.2, 0) is 9.63 Å². The van der Waals surface area contributed by atoms with Gasteiger partial charge in [0, 0.05) is 18.4 Å². The number of rotatable bonds is 5. The number of nitriles is 2. The van der Waals surface area contributed by atoms with Crippen molar-refractivity contribution in [2.75, 3.05) is 0 Å². The van der Waals surface area contributed by atoms with Gasteiger partial charge in [-0.15, -0.1) is 0 Å². The van der Waals surface area contributed by atoms with Gasteiger partial charge in [0.05, 0.1) is 12.1 Å². The van der Waals surface area contributed by atoms with Crippen LogP contribution in [0.3, 0.4) is 0 Å². The SMILES string of the molecule is N#CCCC1(CCC#N)C(=O)ON=C1c1ccccc1. The molecule has 0 saturated heterocycles. The monoisotopic (exact) mass is 267 g/mol. The number of oxime groups is 1. The van der Waals surface area contributed by atoms with E-state index in [4.69, 9.17) is 15.4 Å². The van der Waals surface area contributed by atoms with Gasteiger partial charge in [0.2, 0.25) is 0 Å². The summed E-state index contributed by atoms with van der Waals surface area (Å²) in [6.07, 6.45) is 1.06. The number of benzene rings is 1. The van der Waals surface area contributed by atoms with Crippen molar-refractivity contribution in [1.82, 2.24) is 0 Å². The second-order valence-corrected chi connectivity index (χ2v) is 4.58. The lowest BCUT2D eigenvalue weighted by molar-refractivity contribution is -0.148. The molecular weight excluding hydrogens is 254 g/mol. The Morgan fingerprint density at radius 1 is 1.10 bits per heavy atom. The molecule has 0 N–H and O–H groups in total. The smallest absolute Gasteiger partial charge is 0.317 e. The third-order valence-corrected chi connectivity index (χ3v) is 3.44. The maximum Gasteiger partial charge on any atom is 0.347 e. The fraction of sp³-hybridized carbons (Fsp3) is 0.333. The Balaban J connectivity index is 2.40. The lowest BCUT2D eigenvalue weighted by atomic mass is 9.73. The molecule has 1 aromatic carbocycles. The van der Waals surface area contributed by atoms with Crippen LogP contribution in [0.1, 0.15) is 31.2 Å². The van der Waals surface area contributed by atoms with E-state index in [1.54, 1.807) is 0 Å². The van der Waals surface area contributed by atoms with Crippen LogP contribution in [-0.4, -0.2) is 11.7 Å². The maximum absolute atomic E-state index is 12.1. The minimum absolute atomic E-state index is 0.215. The number of nitrogens with zero attached hydrogens (tertiary/aromatic N) is 3. The van der Waals surface area contributed by atoms with Crippen LogP contribution in [0, 0.1) is 28.1 Å². The van der Waals surface area contributed by atoms with E-state index in [-0.39, 0.29) is 12.8 Å². The van der Waals surface area contributed by atoms with Crippen molar-refractivity contribution in [2.45, 2.75) is 25.7 Å². The zero-order valence-corrected chi connectivity index (χ0v) is 10.9. The minimum Gasteiger partial charge on any atom is -0.317 e. The Morgan fingerprint density at radius 3 is 2.25 bits per heavy atom. The van der Waals surface area contributed by atoms with Gasteiger partial charge in [0.15, 0.2) is 0 Å². The second kappa shape index (κ2) is 5.99. The predicted molar refractivity (Wildman–Crippen MR) is 71.2 cm³/mol. The van der Waals surface area contributed by atoms with Crippen LogP contribution < -0.4 is 0 Å². The summed E-state index contributed by atoms with van der Waals surface area (Å²) in [5, 5.41) is 21.5. The summed E-state index contributed by atoms with van der Waals surface area (Å²) >= 11 is 0. The van der Waals surface area contributed by atoms with E-state index in [0.29, 0.717) is 18.6 Å². The lowest BCUT2D eigenvalue weighted by Crippen LogP contribution is -2.36. The van der Waals surface area contributed by atoms with Crippen LogP contribution in [0.2, 0.25) is 0 Å². The highest BCUT2D eigenvalue weighted by Crippen LogP contribution is 2.39. The van der Waals surface area contributed by atoms with E-state index in [0.717, 1.165) is 5.56 Å². The van der Waals surface area contributed by atoms with E-state index < -0.39 is 11.4 Å². The van der Waals surface area contributed by atoms with E-state index in [1.807, 2.05) is 42.5 Å². The third kappa shape index (κ3) is 2.39. The van der Waals surface area contributed by atoms with Crippen LogP contribution in [0.4, 0.5) is 0 Å². The first kappa shape index (κ1) is 13.8. The molecule has 1 aliphatic rings.